The molecule has 0 radical (unpaired) electrons. The van der Waals surface area contributed by atoms with Crippen LogP contribution < -0.4 is 10.1 Å². The van der Waals surface area contributed by atoms with Crippen molar-refractivity contribution in [2.75, 3.05) is 13.3 Å². The first-order valence-electron chi connectivity index (χ1n) is 6.25. The van der Waals surface area contributed by atoms with Gasteiger partial charge in [0, 0.05) is 35.0 Å². The maximum atomic E-state index is 6.11. The minimum absolute atomic E-state index is 0.714. The van der Waals surface area contributed by atoms with Crippen LogP contribution in [0.25, 0.3) is 0 Å². The molecule has 0 saturated heterocycles. The number of nitrogens with zero attached hydrogens (tertiary/aromatic N) is 1. The first-order valence-corrected chi connectivity index (χ1v) is 7.86. The normalized spacial score (nSPS) is 10.6. The smallest absolute Gasteiger partial charge is 0.135 e. The van der Waals surface area contributed by atoms with Crippen LogP contribution in [-0.4, -0.2) is 18.3 Å². The summed E-state index contributed by atoms with van der Waals surface area (Å²) >= 11 is 7.71. The summed E-state index contributed by atoms with van der Waals surface area (Å²) in [6.07, 6.45) is 3.83. The lowest BCUT2D eigenvalue weighted by Crippen LogP contribution is -2.07. The van der Waals surface area contributed by atoms with Crippen molar-refractivity contribution in [3.05, 3.63) is 46.7 Å². The predicted molar refractivity (Wildman–Crippen MR) is 85.0 cm³/mol. The molecule has 0 amide bonds. The first-order chi connectivity index (χ1) is 9.63. The van der Waals surface area contributed by atoms with Crippen molar-refractivity contribution in [3.8, 4) is 11.5 Å². The molecule has 1 heterocycles. The van der Waals surface area contributed by atoms with E-state index >= 15 is 0 Å². The molecule has 0 aliphatic heterocycles. The Kier molecular flexibility index (Phi) is 5.29. The van der Waals surface area contributed by atoms with Crippen molar-refractivity contribution in [2.45, 2.75) is 18.4 Å². The van der Waals surface area contributed by atoms with Gasteiger partial charge in [-0.2, -0.15) is 0 Å². The molecular formula is C15H17ClN2OS. The van der Waals surface area contributed by atoms with Gasteiger partial charge in [0.25, 0.3) is 0 Å². The van der Waals surface area contributed by atoms with Crippen molar-refractivity contribution < 1.29 is 4.74 Å². The zero-order valence-electron chi connectivity index (χ0n) is 11.7. The molecule has 0 aliphatic rings. The maximum Gasteiger partial charge on any atom is 0.135 e. The Morgan fingerprint density at radius 2 is 2.15 bits per heavy atom. The number of hydrogen-bond acceptors (Lipinski definition) is 4. The molecule has 1 aromatic heterocycles. The van der Waals surface area contributed by atoms with Crippen LogP contribution >= 0.6 is 23.4 Å². The molecule has 2 aromatic rings. The van der Waals surface area contributed by atoms with E-state index < -0.39 is 0 Å². The monoisotopic (exact) mass is 308 g/mol. The molecule has 5 heteroatoms. The second kappa shape index (κ2) is 6.97. The molecule has 0 fully saturated rings. The van der Waals surface area contributed by atoms with Crippen molar-refractivity contribution >= 4 is 23.4 Å². The molecule has 1 N–H and O–H groups in total. The number of hydrogen-bond donors (Lipinski definition) is 1. The summed E-state index contributed by atoms with van der Waals surface area (Å²) in [6, 6.07) is 7.63. The highest BCUT2D eigenvalue weighted by atomic mass is 35.5. The highest BCUT2D eigenvalue weighted by Crippen LogP contribution is 2.32. The fourth-order valence-electron chi connectivity index (χ4n) is 1.81. The van der Waals surface area contributed by atoms with Gasteiger partial charge >= 0.3 is 0 Å². The van der Waals surface area contributed by atoms with Gasteiger partial charge in [0.15, 0.2) is 0 Å². The lowest BCUT2D eigenvalue weighted by Gasteiger charge is -2.12. The van der Waals surface area contributed by atoms with Gasteiger partial charge in [0.1, 0.15) is 11.5 Å². The second-order valence-electron chi connectivity index (χ2n) is 4.36. The molecule has 0 spiro atoms. The number of aromatic nitrogens is 1. The molecule has 0 bridgehead atoms. The minimum atomic E-state index is 0.714. The molecular weight excluding hydrogens is 292 g/mol. The SMILES string of the molecule is CNCc1cnc(C)cc1Oc1ccc(Cl)c(SC)c1. The highest BCUT2D eigenvalue weighted by Gasteiger charge is 2.08. The number of halogens is 1. The summed E-state index contributed by atoms with van der Waals surface area (Å²) < 4.78 is 5.99. The number of rotatable bonds is 5. The number of nitrogens with one attached hydrogen (secondary N) is 1. The highest BCUT2D eigenvalue weighted by molar-refractivity contribution is 7.98. The van der Waals surface area contributed by atoms with Gasteiger partial charge in [0.05, 0.1) is 5.02 Å². The third-order valence-corrected chi connectivity index (χ3v) is 4.02. The van der Waals surface area contributed by atoms with E-state index in [-0.39, 0.29) is 0 Å². The van der Waals surface area contributed by atoms with Gasteiger partial charge < -0.3 is 10.1 Å². The van der Waals surface area contributed by atoms with E-state index in [4.69, 9.17) is 16.3 Å². The number of pyridine rings is 1. The van der Waals surface area contributed by atoms with Gasteiger partial charge in [-0.1, -0.05) is 11.6 Å². The maximum absolute atomic E-state index is 6.11. The number of benzene rings is 1. The van der Waals surface area contributed by atoms with E-state index in [1.54, 1.807) is 11.8 Å². The average molecular weight is 309 g/mol. The molecule has 1 aromatic carbocycles. The third kappa shape index (κ3) is 3.66. The fraction of sp³-hybridized carbons (Fsp3) is 0.267. The van der Waals surface area contributed by atoms with Gasteiger partial charge in [-0.05, 0) is 38.4 Å². The molecule has 0 atom stereocenters. The van der Waals surface area contributed by atoms with E-state index in [0.717, 1.165) is 32.7 Å². The summed E-state index contributed by atoms with van der Waals surface area (Å²) in [5.74, 6) is 1.60. The van der Waals surface area contributed by atoms with Gasteiger partial charge in [0.2, 0.25) is 0 Å². The van der Waals surface area contributed by atoms with Gasteiger partial charge in [-0.25, -0.2) is 0 Å². The molecule has 3 nitrogen and oxygen atoms in total. The van der Waals surface area contributed by atoms with Crippen molar-refractivity contribution in [3.63, 3.8) is 0 Å². The Morgan fingerprint density at radius 1 is 1.35 bits per heavy atom. The molecule has 2 rings (SSSR count). The van der Waals surface area contributed by atoms with E-state index in [1.807, 2.05) is 50.7 Å². The van der Waals surface area contributed by atoms with Gasteiger partial charge in [-0.3, -0.25) is 4.98 Å². The lowest BCUT2D eigenvalue weighted by molar-refractivity contribution is 0.471. The molecule has 106 valence electrons. The van der Waals surface area contributed by atoms with E-state index in [1.165, 1.54) is 0 Å². The first kappa shape index (κ1) is 15.2. The Bertz CT molecular complexity index is 604. The molecule has 0 saturated carbocycles. The van der Waals surface area contributed by atoms with Crippen molar-refractivity contribution in [1.29, 1.82) is 0 Å². The van der Waals surface area contributed by atoms with Crippen LogP contribution in [-0.2, 0) is 6.54 Å². The Morgan fingerprint density at radius 3 is 2.85 bits per heavy atom. The van der Waals surface area contributed by atoms with E-state index in [2.05, 4.69) is 10.3 Å². The van der Waals surface area contributed by atoms with Crippen LogP contribution in [0.3, 0.4) is 0 Å². The standard InChI is InChI=1S/C15H17ClN2OS/c1-10-6-14(11(8-17-2)9-18-10)19-12-4-5-13(16)15(7-12)20-3/h4-7,9,17H,8H2,1-3H3. The topological polar surface area (TPSA) is 34.2 Å². The Hall–Kier alpha value is -1.23. The summed E-state index contributed by atoms with van der Waals surface area (Å²) in [4.78, 5) is 5.31. The molecule has 0 unspecified atom stereocenters. The largest absolute Gasteiger partial charge is 0.457 e. The van der Waals surface area contributed by atoms with Crippen LogP contribution in [0.1, 0.15) is 11.3 Å². The van der Waals surface area contributed by atoms with Crippen LogP contribution in [0.5, 0.6) is 11.5 Å². The van der Waals surface area contributed by atoms with Crippen molar-refractivity contribution in [1.82, 2.24) is 10.3 Å². The Labute approximate surface area is 128 Å². The summed E-state index contributed by atoms with van der Waals surface area (Å²) in [6.45, 7) is 2.66. The minimum Gasteiger partial charge on any atom is -0.457 e. The van der Waals surface area contributed by atoms with Crippen LogP contribution in [0.4, 0.5) is 0 Å². The van der Waals surface area contributed by atoms with Gasteiger partial charge in [-0.15, -0.1) is 11.8 Å². The van der Waals surface area contributed by atoms with Crippen LogP contribution in [0.15, 0.2) is 35.4 Å². The van der Waals surface area contributed by atoms with E-state index in [9.17, 15) is 0 Å². The summed E-state index contributed by atoms with van der Waals surface area (Å²) in [7, 11) is 1.90. The van der Waals surface area contributed by atoms with Crippen molar-refractivity contribution in [2.24, 2.45) is 0 Å². The van der Waals surface area contributed by atoms with E-state index in [0.29, 0.717) is 6.54 Å². The number of aryl methyl sites for hydroxylation is 1. The summed E-state index contributed by atoms with van der Waals surface area (Å²) in [5.41, 5.74) is 1.96. The average Bonchev–Trinajstić information content (AvgIpc) is 2.44. The zero-order chi connectivity index (χ0) is 14.5. The number of ether oxygens (including phenoxy) is 1. The second-order valence-corrected chi connectivity index (χ2v) is 5.62. The third-order valence-electron chi connectivity index (χ3n) is 2.80. The molecule has 0 aliphatic carbocycles. The predicted octanol–water partition coefficient (Wildman–Crippen LogP) is 4.28. The lowest BCUT2D eigenvalue weighted by atomic mass is 10.2. The molecule has 20 heavy (non-hydrogen) atoms. The van der Waals surface area contributed by atoms with Crippen LogP contribution in [0, 0.1) is 6.92 Å². The van der Waals surface area contributed by atoms with Crippen LogP contribution in [0.2, 0.25) is 5.02 Å². The fourth-order valence-corrected chi connectivity index (χ4v) is 2.66. The zero-order valence-corrected chi connectivity index (χ0v) is 13.3. The summed E-state index contributed by atoms with van der Waals surface area (Å²) in [5, 5.41) is 3.86. The number of thioether (sulfide) groups is 1. The quantitative estimate of drug-likeness (QED) is 0.836. The Balaban J connectivity index is 2.31.